The number of hydrogen-bond acceptors (Lipinski definition) is 7. The number of nitrogens with two attached hydrogens (primary N) is 1. The number of thiazole rings is 1. The Morgan fingerprint density at radius 2 is 2.26 bits per heavy atom. The van der Waals surface area contributed by atoms with Gasteiger partial charge in [0.25, 0.3) is 0 Å². The molecule has 0 saturated heterocycles. The van der Waals surface area contributed by atoms with E-state index in [9.17, 15) is 10.1 Å². The molecule has 0 fully saturated rings. The zero-order valence-corrected chi connectivity index (χ0v) is 11.1. The smallest absolute Gasteiger partial charge is 0.311 e. The van der Waals surface area contributed by atoms with Crippen LogP contribution >= 0.6 is 11.3 Å². The molecule has 0 aliphatic carbocycles. The lowest BCUT2D eigenvalue weighted by Crippen LogP contribution is -2.08. The van der Waals surface area contributed by atoms with Crippen LogP contribution in [0.25, 0.3) is 0 Å². The van der Waals surface area contributed by atoms with E-state index >= 15 is 0 Å². The molecule has 100 valence electrons. The summed E-state index contributed by atoms with van der Waals surface area (Å²) in [5.41, 5.74) is 6.34. The summed E-state index contributed by atoms with van der Waals surface area (Å²) >= 11 is 1.61. The molecule has 0 aromatic carbocycles. The molecule has 8 heteroatoms. The van der Waals surface area contributed by atoms with Gasteiger partial charge in [-0.15, -0.1) is 11.3 Å². The molecule has 2 heterocycles. The van der Waals surface area contributed by atoms with Gasteiger partial charge in [-0.1, -0.05) is 0 Å². The van der Waals surface area contributed by atoms with Crippen LogP contribution in [0.5, 0.6) is 0 Å². The SMILES string of the molecule is Cc1csc(CCNc2ccc([N+](=O)[O-])c(N)n2)n1. The first kappa shape index (κ1) is 13.2. The zero-order valence-electron chi connectivity index (χ0n) is 10.3. The minimum absolute atomic E-state index is 0.0832. The Morgan fingerprint density at radius 1 is 1.47 bits per heavy atom. The van der Waals surface area contributed by atoms with Crippen molar-refractivity contribution < 1.29 is 4.92 Å². The number of hydrogen-bond donors (Lipinski definition) is 2. The summed E-state index contributed by atoms with van der Waals surface area (Å²) in [6.07, 6.45) is 0.775. The second-order valence-corrected chi connectivity index (χ2v) is 4.86. The summed E-state index contributed by atoms with van der Waals surface area (Å²) in [6.45, 7) is 2.60. The number of aromatic nitrogens is 2. The number of aryl methyl sites for hydroxylation is 1. The van der Waals surface area contributed by atoms with Crippen LogP contribution in [0.4, 0.5) is 17.3 Å². The maximum atomic E-state index is 10.6. The molecule has 2 aromatic heterocycles. The van der Waals surface area contributed by atoms with Gasteiger partial charge in [0.1, 0.15) is 5.82 Å². The number of nitrogens with zero attached hydrogens (tertiary/aromatic N) is 3. The Kier molecular flexibility index (Phi) is 3.91. The number of anilines is 2. The second-order valence-electron chi connectivity index (χ2n) is 3.92. The van der Waals surface area contributed by atoms with Gasteiger partial charge in [0.2, 0.25) is 5.82 Å². The van der Waals surface area contributed by atoms with Crippen LogP contribution < -0.4 is 11.1 Å². The Hall–Kier alpha value is -2.22. The molecule has 7 nitrogen and oxygen atoms in total. The predicted molar refractivity (Wildman–Crippen MR) is 74.3 cm³/mol. The van der Waals surface area contributed by atoms with Crippen molar-refractivity contribution in [2.24, 2.45) is 0 Å². The molecule has 3 N–H and O–H groups in total. The Morgan fingerprint density at radius 3 is 2.84 bits per heavy atom. The molecule has 2 rings (SSSR count). The molecule has 0 atom stereocenters. The van der Waals surface area contributed by atoms with Crippen LogP contribution in [0.1, 0.15) is 10.7 Å². The summed E-state index contributed by atoms with van der Waals surface area (Å²) in [5, 5.41) is 16.7. The van der Waals surface area contributed by atoms with E-state index in [2.05, 4.69) is 15.3 Å². The number of pyridine rings is 1. The second kappa shape index (κ2) is 5.61. The predicted octanol–water partition coefficient (Wildman–Crippen LogP) is 1.99. The summed E-state index contributed by atoms with van der Waals surface area (Å²) in [4.78, 5) is 18.3. The summed E-state index contributed by atoms with van der Waals surface area (Å²) in [5.74, 6) is 0.441. The van der Waals surface area contributed by atoms with Crippen molar-refractivity contribution in [2.45, 2.75) is 13.3 Å². The van der Waals surface area contributed by atoms with Crippen LogP contribution in [-0.2, 0) is 6.42 Å². The van der Waals surface area contributed by atoms with Crippen LogP contribution in [0.15, 0.2) is 17.5 Å². The lowest BCUT2D eigenvalue weighted by molar-refractivity contribution is -0.384. The van der Waals surface area contributed by atoms with Crippen molar-refractivity contribution in [3.63, 3.8) is 0 Å². The highest BCUT2D eigenvalue weighted by molar-refractivity contribution is 7.09. The lowest BCUT2D eigenvalue weighted by Gasteiger charge is -2.05. The fourth-order valence-electron chi connectivity index (χ4n) is 1.54. The summed E-state index contributed by atoms with van der Waals surface area (Å²) in [6, 6.07) is 2.89. The van der Waals surface area contributed by atoms with E-state index < -0.39 is 4.92 Å². The van der Waals surface area contributed by atoms with E-state index in [0.717, 1.165) is 17.1 Å². The first-order valence-electron chi connectivity index (χ1n) is 5.62. The van der Waals surface area contributed by atoms with E-state index in [-0.39, 0.29) is 11.5 Å². The minimum atomic E-state index is -0.551. The Bertz CT molecular complexity index is 599. The molecule has 0 bridgehead atoms. The van der Waals surface area contributed by atoms with Crippen molar-refractivity contribution in [3.05, 3.63) is 38.3 Å². The lowest BCUT2D eigenvalue weighted by atomic mass is 10.3. The first-order chi connectivity index (χ1) is 9.06. The van der Waals surface area contributed by atoms with Gasteiger partial charge < -0.3 is 11.1 Å². The van der Waals surface area contributed by atoms with E-state index in [1.807, 2.05) is 12.3 Å². The highest BCUT2D eigenvalue weighted by Crippen LogP contribution is 2.20. The fraction of sp³-hybridized carbons (Fsp3) is 0.273. The normalized spacial score (nSPS) is 10.4. The largest absolute Gasteiger partial charge is 0.378 e. The van der Waals surface area contributed by atoms with Crippen molar-refractivity contribution in [2.75, 3.05) is 17.6 Å². The average Bonchev–Trinajstić information content (AvgIpc) is 2.75. The molecule has 0 radical (unpaired) electrons. The summed E-state index contributed by atoms with van der Waals surface area (Å²) in [7, 11) is 0. The van der Waals surface area contributed by atoms with Crippen LogP contribution in [-0.4, -0.2) is 21.4 Å². The zero-order chi connectivity index (χ0) is 13.8. The maximum Gasteiger partial charge on any atom is 0.311 e. The third kappa shape index (κ3) is 3.38. The first-order valence-corrected chi connectivity index (χ1v) is 6.50. The summed E-state index contributed by atoms with van der Waals surface area (Å²) < 4.78 is 0. The van der Waals surface area contributed by atoms with Gasteiger partial charge in [0.15, 0.2) is 0 Å². The molecular weight excluding hydrogens is 266 g/mol. The number of nitro groups is 1. The van der Waals surface area contributed by atoms with Crippen molar-refractivity contribution in [1.82, 2.24) is 9.97 Å². The van der Waals surface area contributed by atoms with Crippen molar-refractivity contribution in [1.29, 1.82) is 0 Å². The molecule has 0 saturated carbocycles. The molecule has 0 aliphatic rings. The van der Waals surface area contributed by atoms with Crippen molar-refractivity contribution in [3.8, 4) is 0 Å². The van der Waals surface area contributed by atoms with Crippen LogP contribution in [0.2, 0.25) is 0 Å². The van der Waals surface area contributed by atoms with Crippen LogP contribution in [0.3, 0.4) is 0 Å². The Labute approximate surface area is 113 Å². The third-order valence-electron chi connectivity index (χ3n) is 2.41. The molecule has 0 amide bonds. The molecule has 2 aromatic rings. The molecular formula is C11H13N5O2S. The number of nitrogen functional groups attached to an aromatic ring is 1. The topological polar surface area (TPSA) is 107 Å². The van der Waals surface area contributed by atoms with E-state index in [1.165, 1.54) is 6.07 Å². The van der Waals surface area contributed by atoms with Gasteiger partial charge in [0.05, 0.1) is 9.93 Å². The van der Waals surface area contributed by atoms with Gasteiger partial charge in [0, 0.05) is 30.1 Å². The number of rotatable bonds is 5. The third-order valence-corrected chi connectivity index (χ3v) is 3.44. The van der Waals surface area contributed by atoms with Gasteiger partial charge in [-0.25, -0.2) is 9.97 Å². The minimum Gasteiger partial charge on any atom is -0.378 e. The van der Waals surface area contributed by atoms with Crippen LogP contribution in [0, 0.1) is 17.0 Å². The molecule has 0 spiro atoms. The highest BCUT2D eigenvalue weighted by Gasteiger charge is 2.12. The van der Waals surface area contributed by atoms with E-state index in [1.54, 1.807) is 17.4 Å². The number of nitrogens with one attached hydrogen (secondary N) is 1. The van der Waals surface area contributed by atoms with Gasteiger partial charge in [-0.3, -0.25) is 10.1 Å². The fourth-order valence-corrected chi connectivity index (χ4v) is 2.31. The van der Waals surface area contributed by atoms with Gasteiger partial charge in [-0.05, 0) is 13.0 Å². The molecule has 0 unspecified atom stereocenters. The highest BCUT2D eigenvalue weighted by atomic mass is 32.1. The quantitative estimate of drug-likeness (QED) is 0.640. The van der Waals surface area contributed by atoms with E-state index in [4.69, 9.17) is 5.73 Å². The monoisotopic (exact) mass is 279 g/mol. The maximum absolute atomic E-state index is 10.6. The Balaban J connectivity index is 1.93. The van der Waals surface area contributed by atoms with Gasteiger partial charge >= 0.3 is 5.69 Å². The molecule has 19 heavy (non-hydrogen) atoms. The van der Waals surface area contributed by atoms with E-state index in [0.29, 0.717) is 12.4 Å². The van der Waals surface area contributed by atoms with Gasteiger partial charge in [-0.2, -0.15) is 0 Å². The average molecular weight is 279 g/mol. The standard InChI is InChI=1S/C11H13N5O2S/c1-7-6-19-10(14-7)4-5-13-9-3-2-8(16(17)18)11(12)15-9/h2-3,6H,4-5H2,1H3,(H3,12,13,15). The van der Waals surface area contributed by atoms with Crippen molar-refractivity contribution >= 4 is 28.7 Å². The molecule has 0 aliphatic heterocycles.